The van der Waals surface area contributed by atoms with Crippen molar-refractivity contribution < 1.29 is 39.8 Å². The lowest BCUT2D eigenvalue weighted by Gasteiger charge is -2.33. The first-order valence-corrected chi connectivity index (χ1v) is 20.1. The van der Waals surface area contributed by atoms with Crippen LogP contribution in [0.4, 0.5) is 0 Å². The van der Waals surface area contributed by atoms with Gasteiger partial charge in [-0.15, -0.1) is 11.8 Å². The Hall–Kier alpha value is -2.78. The summed E-state index contributed by atoms with van der Waals surface area (Å²) in [4.78, 5) is 20.4. The SMILES string of the molecule is O=C([C@@H](O)[C@@H](O)[C@H](O)[C@@H](O)CO)N(CCCCSc1ccc(Cl)c(CNC2(c3cnccc3-c3ccccc3OC3CC3)CC2)c1)CC1CCOCC1. The average molecular weight is 770 g/mol. The van der Waals surface area contributed by atoms with Gasteiger partial charge in [-0.1, -0.05) is 29.8 Å². The first kappa shape index (κ1) is 39.9. The van der Waals surface area contributed by atoms with Crippen molar-refractivity contribution in [1.29, 1.82) is 0 Å². The number of hydrogen-bond acceptors (Lipinski definition) is 11. The molecular formula is C40H52ClN3O8S. The largest absolute Gasteiger partial charge is 0.490 e. The third-order valence-electron chi connectivity index (χ3n) is 10.4. The number of nitrogens with zero attached hydrogens (tertiary/aromatic N) is 2. The van der Waals surface area contributed by atoms with Gasteiger partial charge >= 0.3 is 0 Å². The van der Waals surface area contributed by atoms with E-state index >= 15 is 0 Å². The zero-order valence-corrected chi connectivity index (χ0v) is 31.6. The quantitative estimate of drug-likeness (QED) is 0.0718. The fraction of sp³-hybridized carbons (Fsp3) is 0.550. The first-order chi connectivity index (χ1) is 25.7. The molecule has 2 heterocycles. The number of nitrogens with one attached hydrogen (secondary N) is 1. The molecule has 4 atom stereocenters. The lowest BCUT2D eigenvalue weighted by atomic mass is 9.94. The molecule has 2 aromatic carbocycles. The van der Waals surface area contributed by atoms with Gasteiger partial charge in [0, 0.05) is 66.3 Å². The van der Waals surface area contributed by atoms with E-state index in [9.17, 15) is 25.2 Å². The number of carbonyl (C=O) groups excluding carboxylic acids is 1. The minimum atomic E-state index is -1.93. The molecule has 1 saturated heterocycles. The Morgan fingerprint density at radius 2 is 1.79 bits per heavy atom. The first-order valence-electron chi connectivity index (χ1n) is 18.8. The summed E-state index contributed by atoms with van der Waals surface area (Å²) < 4.78 is 11.7. The third-order valence-corrected chi connectivity index (χ3v) is 11.9. The molecule has 6 rings (SSSR count). The minimum absolute atomic E-state index is 0.192. The number of ether oxygens (including phenoxy) is 2. The van der Waals surface area contributed by atoms with E-state index in [4.69, 9.17) is 26.2 Å². The van der Waals surface area contributed by atoms with Gasteiger partial charge in [-0.25, -0.2) is 0 Å². The normalized spacial score (nSPS) is 19.3. The predicted molar refractivity (Wildman–Crippen MR) is 204 cm³/mol. The van der Waals surface area contributed by atoms with Crippen LogP contribution in [0.3, 0.4) is 0 Å². The maximum atomic E-state index is 13.3. The lowest BCUT2D eigenvalue weighted by Crippen LogP contribution is -2.53. The van der Waals surface area contributed by atoms with Crippen molar-refractivity contribution in [2.45, 2.75) is 98.9 Å². The fourth-order valence-corrected chi connectivity index (χ4v) is 8.02. The molecule has 0 bridgehead atoms. The van der Waals surface area contributed by atoms with Gasteiger partial charge in [0.05, 0.1) is 12.7 Å². The summed E-state index contributed by atoms with van der Waals surface area (Å²) in [6.07, 6.45) is 3.93. The molecular weight excluding hydrogens is 718 g/mol. The van der Waals surface area contributed by atoms with Crippen molar-refractivity contribution in [2.24, 2.45) is 5.92 Å². The topological polar surface area (TPSA) is 165 Å². The number of rotatable bonds is 20. The number of pyridine rings is 1. The Kier molecular flexibility index (Phi) is 14.1. The molecule has 3 aliphatic rings. The van der Waals surface area contributed by atoms with Crippen molar-refractivity contribution in [2.75, 3.05) is 38.7 Å². The number of para-hydroxylation sites is 1. The molecule has 2 saturated carbocycles. The van der Waals surface area contributed by atoms with Crippen molar-refractivity contribution in [3.05, 3.63) is 77.1 Å². The van der Waals surface area contributed by atoms with Gasteiger partial charge in [0.15, 0.2) is 6.10 Å². The summed E-state index contributed by atoms with van der Waals surface area (Å²) in [5.74, 6) is 1.19. The van der Waals surface area contributed by atoms with Crippen molar-refractivity contribution in [3.8, 4) is 16.9 Å². The van der Waals surface area contributed by atoms with E-state index in [0.717, 1.165) is 78.0 Å². The van der Waals surface area contributed by atoms with Crippen molar-refractivity contribution in [1.82, 2.24) is 15.2 Å². The zero-order valence-electron chi connectivity index (χ0n) is 30.0. The van der Waals surface area contributed by atoms with E-state index < -0.39 is 36.9 Å². The summed E-state index contributed by atoms with van der Waals surface area (Å²) in [5.41, 5.74) is 4.20. The second-order valence-electron chi connectivity index (χ2n) is 14.5. The highest BCUT2D eigenvalue weighted by atomic mass is 35.5. The molecule has 3 fully saturated rings. The van der Waals surface area contributed by atoms with Gasteiger partial charge in [0.25, 0.3) is 5.91 Å². The molecule has 0 unspecified atom stereocenters. The van der Waals surface area contributed by atoms with Crippen LogP contribution < -0.4 is 10.1 Å². The highest BCUT2D eigenvalue weighted by Crippen LogP contribution is 2.50. The van der Waals surface area contributed by atoms with Gasteiger partial charge in [-0.3, -0.25) is 9.78 Å². The molecule has 2 aliphatic carbocycles. The van der Waals surface area contributed by atoms with E-state index in [1.165, 1.54) is 5.56 Å². The maximum Gasteiger partial charge on any atom is 0.254 e. The second kappa shape index (κ2) is 18.7. The van der Waals surface area contributed by atoms with Crippen LogP contribution in [0.15, 0.2) is 65.8 Å². The highest BCUT2D eigenvalue weighted by Gasteiger charge is 2.46. The number of aromatic nitrogens is 1. The van der Waals surface area contributed by atoms with Crippen LogP contribution in [0, 0.1) is 5.92 Å². The van der Waals surface area contributed by atoms with E-state index in [2.05, 4.69) is 34.6 Å². The zero-order chi connectivity index (χ0) is 37.4. The summed E-state index contributed by atoms with van der Waals surface area (Å²) in [6, 6.07) is 16.4. The third kappa shape index (κ3) is 10.5. The van der Waals surface area contributed by atoms with Crippen LogP contribution in [0.2, 0.25) is 5.02 Å². The molecule has 3 aromatic rings. The van der Waals surface area contributed by atoms with Crippen molar-refractivity contribution >= 4 is 29.3 Å². The number of hydrogen-bond donors (Lipinski definition) is 6. The Morgan fingerprint density at radius 1 is 1.02 bits per heavy atom. The summed E-state index contributed by atoms with van der Waals surface area (Å²) >= 11 is 8.42. The number of thioether (sulfide) groups is 1. The predicted octanol–water partition coefficient (Wildman–Crippen LogP) is 4.29. The Balaban J connectivity index is 1.03. The second-order valence-corrected chi connectivity index (χ2v) is 16.1. The molecule has 13 heteroatoms. The molecule has 0 radical (unpaired) electrons. The molecule has 1 aromatic heterocycles. The smallest absolute Gasteiger partial charge is 0.254 e. The number of carbonyl (C=O) groups is 1. The van der Waals surface area contributed by atoms with Crippen molar-refractivity contribution in [3.63, 3.8) is 0 Å². The monoisotopic (exact) mass is 769 g/mol. The molecule has 11 nitrogen and oxygen atoms in total. The standard InChI is InChI=1S/C40H52ClN3O8S/c41-33-10-9-29(53-20-4-3-17-44(24-26-12-18-51-19-13-26)39(50)38(49)37(48)36(47)34(46)25-45)21-27(33)22-43-40(14-15-40)32-23-42-16-11-30(32)31-5-1-2-6-35(31)52-28-7-8-28/h1-2,5-6,9-11,16,21,23,26,28,34,36-38,43,45-49H,3-4,7-8,12-15,17-20,22,24-25H2/t34-,36+,37-,38-/m0/s1. The summed E-state index contributed by atoms with van der Waals surface area (Å²) in [6.45, 7) is 1.75. The molecule has 6 N–H and O–H groups in total. The number of halogens is 1. The van der Waals surface area contributed by atoms with Gasteiger partial charge in [0.1, 0.15) is 24.1 Å². The van der Waals surface area contributed by atoms with Gasteiger partial charge in [0.2, 0.25) is 0 Å². The Morgan fingerprint density at radius 3 is 2.53 bits per heavy atom. The van der Waals surface area contributed by atoms with Crippen LogP contribution in [-0.2, 0) is 21.6 Å². The molecule has 0 spiro atoms. The van der Waals surface area contributed by atoms with E-state index in [1.54, 1.807) is 16.7 Å². The number of amides is 1. The number of unbranched alkanes of at least 4 members (excludes halogenated alkanes) is 1. The van der Waals surface area contributed by atoms with Gasteiger partial charge in [-0.05, 0) is 110 Å². The molecule has 1 aliphatic heterocycles. The Bertz CT molecular complexity index is 1650. The summed E-state index contributed by atoms with van der Waals surface area (Å²) in [5, 5.41) is 54.5. The van der Waals surface area contributed by atoms with Crippen LogP contribution in [0.5, 0.6) is 5.75 Å². The lowest BCUT2D eigenvalue weighted by molar-refractivity contribution is -0.159. The van der Waals surface area contributed by atoms with Crippen LogP contribution in [0.25, 0.3) is 11.1 Å². The van der Waals surface area contributed by atoms with E-state index in [-0.39, 0.29) is 11.5 Å². The summed E-state index contributed by atoms with van der Waals surface area (Å²) in [7, 11) is 0. The van der Waals surface area contributed by atoms with Crippen LogP contribution in [0.1, 0.15) is 62.5 Å². The molecule has 1 amide bonds. The fourth-order valence-electron chi connectivity index (χ4n) is 6.86. The number of aliphatic hydroxyl groups is 5. The van der Waals surface area contributed by atoms with E-state index in [1.807, 2.05) is 36.7 Å². The van der Waals surface area contributed by atoms with Crippen LogP contribution >= 0.6 is 23.4 Å². The van der Waals surface area contributed by atoms with E-state index in [0.29, 0.717) is 50.4 Å². The molecule has 53 heavy (non-hydrogen) atoms. The minimum Gasteiger partial charge on any atom is -0.490 e. The Labute approximate surface area is 320 Å². The number of benzene rings is 2. The number of aliphatic hydroxyl groups excluding tert-OH is 5. The van der Waals surface area contributed by atoms with Crippen LogP contribution in [-0.4, -0.2) is 111 Å². The average Bonchev–Trinajstić information content (AvgIpc) is 4.14. The molecule has 288 valence electrons. The maximum absolute atomic E-state index is 13.3. The highest BCUT2D eigenvalue weighted by molar-refractivity contribution is 7.99. The van der Waals surface area contributed by atoms with Gasteiger partial charge in [-0.2, -0.15) is 0 Å². The van der Waals surface area contributed by atoms with Gasteiger partial charge < -0.3 is 45.2 Å².